The Morgan fingerprint density at radius 1 is 0.969 bits per heavy atom. The fourth-order valence-electron chi connectivity index (χ4n) is 3.58. The second-order valence-corrected chi connectivity index (χ2v) is 9.46. The number of sulfonamides is 1. The lowest BCUT2D eigenvalue weighted by atomic mass is 10.2. The zero-order valence-corrected chi connectivity index (χ0v) is 18.4. The second kappa shape index (κ2) is 8.84. The molecule has 0 atom stereocenters. The van der Waals surface area contributed by atoms with Crippen molar-refractivity contribution in [2.24, 2.45) is 0 Å². The molecule has 1 aliphatic heterocycles. The van der Waals surface area contributed by atoms with Gasteiger partial charge in [-0.2, -0.15) is 0 Å². The Bertz CT molecular complexity index is 1240. The third-order valence-corrected chi connectivity index (χ3v) is 7.18. The smallest absolute Gasteiger partial charge is 0.264 e. The van der Waals surface area contributed by atoms with Crippen molar-refractivity contribution in [3.05, 3.63) is 84.4 Å². The van der Waals surface area contributed by atoms with Gasteiger partial charge in [-0.15, -0.1) is 0 Å². The van der Waals surface area contributed by atoms with E-state index in [1.165, 1.54) is 25.2 Å². The highest BCUT2D eigenvalue weighted by Crippen LogP contribution is 2.25. The fraction of sp³-hybridized carbons (Fsp3) is 0.167. The summed E-state index contributed by atoms with van der Waals surface area (Å²) in [5.41, 5.74) is 2.10. The predicted octanol–water partition coefficient (Wildman–Crippen LogP) is 3.89. The van der Waals surface area contributed by atoms with Crippen LogP contribution in [0.1, 0.15) is 23.2 Å². The lowest BCUT2D eigenvalue weighted by Crippen LogP contribution is -2.26. The van der Waals surface area contributed by atoms with E-state index in [4.69, 9.17) is 0 Å². The first-order chi connectivity index (χ1) is 15.4. The number of carbonyl (C=O) groups is 2. The number of nitrogens with one attached hydrogen (secondary N) is 1. The van der Waals surface area contributed by atoms with Crippen LogP contribution >= 0.6 is 0 Å². The molecule has 3 aromatic carbocycles. The molecule has 0 bridgehead atoms. The first-order valence-corrected chi connectivity index (χ1v) is 11.7. The van der Waals surface area contributed by atoms with Gasteiger partial charge in [0.1, 0.15) is 0 Å². The molecule has 1 aliphatic rings. The van der Waals surface area contributed by atoms with E-state index in [1.807, 2.05) is 0 Å². The summed E-state index contributed by atoms with van der Waals surface area (Å²) < 4.78 is 26.9. The molecule has 1 saturated heterocycles. The molecule has 8 heteroatoms. The van der Waals surface area contributed by atoms with Crippen LogP contribution in [0.25, 0.3) is 0 Å². The molecule has 1 N–H and O–H groups in total. The van der Waals surface area contributed by atoms with Crippen LogP contribution in [0.15, 0.2) is 83.8 Å². The van der Waals surface area contributed by atoms with Crippen molar-refractivity contribution in [3.63, 3.8) is 0 Å². The van der Waals surface area contributed by atoms with Gasteiger partial charge in [0, 0.05) is 37.0 Å². The number of benzene rings is 3. The van der Waals surface area contributed by atoms with Crippen LogP contribution < -0.4 is 14.5 Å². The van der Waals surface area contributed by atoms with Gasteiger partial charge < -0.3 is 10.2 Å². The lowest BCUT2D eigenvalue weighted by Gasteiger charge is -2.20. The Balaban J connectivity index is 1.49. The van der Waals surface area contributed by atoms with Crippen LogP contribution in [0.4, 0.5) is 17.1 Å². The van der Waals surface area contributed by atoms with Crippen LogP contribution in [0.3, 0.4) is 0 Å². The molecule has 164 valence electrons. The summed E-state index contributed by atoms with van der Waals surface area (Å²) >= 11 is 0. The van der Waals surface area contributed by atoms with E-state index in [9.17, 15) is 18.0 Å². The number of amides is 2. The van der Waals surface area contributed by atoms with Crippen molar-refractivity contribution in [2.75, 3.05) is 28.1 Å². The number of anilines is 3. The maximum absolute atomic E-state index is 12.9. The molecule has 1 fully saturated rings. The van der Waals surface area contributed by atoms with E-state index in [0.29, 0.717) is 29.9 Å². The quantitative estimate of drug-likeness (QED) is 0.619. The molecule has 0 aliphatic carbocycles. The van der Waals surface area contributed by atoms with E-state index in [-0.39, 0.29) is 16.7 Å². The summed E-state index contributed by atoms with van der Waals surface area (Å²) in [5, 5.41) is 2.81. The van der Waals surface area contributed by atoms with E-state index < -0.39 is 10.0 Å². The van der Waals surface area contributed by atoms with Crippen molar-refractivity contribution < 1.29 is 18.0 Å². The van der Waals surface area contributed by atoms with Gasteiger partial charge in [0.05, 0.1) is 10.6 Å². The highest BCUT2D eigenvalue weighted by atomic mass is 32.2. The van der Waals surface area contributed by atoms with E-state index >= 15 is 0 Å². The maximum Gasteiger partial charge on any atom is 0.264 e. The second-order valence-electron chi connectivity index (χ2n) is 7.49. The molecule has 0 radical (unpaired) electrons. The van der Waals surface area contributed by atoms with Gasteiger partial charge in [0.25, 0.3) is 15.9 Å². The average molecular weight is 450 g/mol. The number of rotatable bonds is 6. The zero-order valence-electron chi connectivity index (χ0n) is 17.6. The van der Waals surface area contributed by atoms with Crippen molar-refractivity contribution in [2.45, 2.75) is 17.7 Å². The molecule has 0 spiro atoms. The van der Waals surface area contributed by atoms with Crippen LogP contribution in [0, 0.1) is 0 Å². The normalized spacial score (nSPS) is 13.8. The van der Waals surface area contributed by atoms with Crippen LogP contribution in [0.2, 0.25) is 0 Å². The predicted molar refractivity (Wildman–Crippen MR) is 124 cm³/mol. The molecule has 32 heavy (non-hydrogen) atoms. The van der Waals surface area contributed by atoms with Crippen LogP contribution in [-0.2, 0) is 14.8 Å². The van der Waals surface area contributed by atoms with E-state index in [0.717, 1.165) is 16.4 Å². The molecular formula is C24H23N3O4S. The number of hydrogen-bond acceptors (Lipinski definition) is 4. The molecule has 4 rings (SSSR count). The maximum atomic E-state index is 12.9. The van der Waals surface area contributed by atoms with Gasteiger partial charge in [0.2, 0.25) is 5.91 Å². The number of carbonyl (C=O) groups excluding carboxylic acids is 2. The Hall–Kier alpha value is -3.65. The Labute approximate surface area is 187 Å². The van der Waals surface area contributed by atoms with Gasteiger partial charge in [-0.25, -0.2) is 8.42 Å². The average Bonchev–Trinajstić information content (AvgIpc) is 3.25. The Morgan fingerprint density at radius 3 is 2.34 bits per heavy atom. The van der Waals surface area contributed by atoms with Crippen molar-refractivity contribution in [3.8, 4) is 0 Å². The molecule has 1 heterocycles. The number of nitrogens with zero attached hydrogens (tertiary/aromatic N) is 2. The summed E-state index contributed by atoms with van der Waals surface area (Å²) in [6.45, 7) is 0.705. The SMILES string of the molecule is CN(c1cccc(C(=O)Nc2ccc(N3CCCC3=O)cc2)c1)S(=O)(=O)c1ccccc1. The van der Waals surface area contributed by atoms with Gasteiger partial charge in [0.15, 0.2) is 0 Å². The van der Waals surface area contributed by atoms with Crippen molar-refractivity contribution >= 4 is 38.9 Å². The number of hydrogen-bond donors (Lipinski definition) is 1. The Kier molecular flexibility index (Phi) is 5.96. The molecular weight excluding hydrogens is 426 g/mol. The monoisotopic (exact) mass is 449 g/mol. The van der Waals surface area contributed by atoms with Gasteiger partial charge in [-0.05, 0) is 61.0 Å². The largest absolute Gasteiger partial charge is 0.322 e. The molecule has 3 aromatic rings. The molecule has 0 saturated carbocycles. The van der Waals surface area contributed by atoms with Crippen molar-refractivity contribution in [1.29, 1.82) is 0 Å². The van der Waals surface area contributed by atoms with E-state index in [1.54, 1.807) is 65.6 Å². The minimum Gasteiger partial charge on any atom is -0.322 e. The fourth-order valence-corrected chi connectivity index (χ4v) is 4.79. The summed E-state index contributed by atoms with van der Waals surface area (Å²) in [7, 11) is -2.29. The summed E-state index contributed by atoms with van der Waals surface area (Å²) in [6.07, 6.45) is 1.41. The van der Waals surface area contributed by atoms with Gasteiger partial charge >= 0.3 is 0 Å². The van der Waals surface area contributed by atoms with Gasteiger partial charge in [-0.3, -0.25) is 13.9 Å². The van der Waals surface area contributed by atoms with Crippen molar-refractivity contribution in [1.82, 2.24) is 0 Å². The Morgan fingerprint density at radius 2 is 1.69 bits per heavy atom. The summed E-state index contributed by atoms with van der Waals surface area (Å²) in [6, 6.07) is 21.7. The summed E-state index contributed by atoms with van der Waals surface area (Å²) in [4.78, 5) is 26.5. The first kappa shape index (κ1) is 21.6. The first-order valence-electron chi connectivity index (χ1n) is 10.2. The van der Waals surface area contributed by atoms with Gasteiger partial charge in [-0.1, -0.05) is 24.3 Å². The standard InChI is InChI=1S/C24H23N3O4S/c1-26(32(30,31)22-9-3-2-4-10-22)21-8-5-7-18(17-21)24(29)25-19-12-14-20(15-13-19)27-16-6-11-23(27)28/h2-5,7-10,12-15,17H,6,11,16H2,1H3,(H,25,29). The van der Waals surface area contributed by atoms with E-state index in [2.05, 4.69) is 5.32 Å². The minimum absolute atomic E-state index is 0.105. The molecule has 0 unspecified atom stereocenters. The minimum atomic E-state index is -3.74. The highest BCUT2D eigenvalue weighted by molar-refractivity contribution is 7.92. The summed E-state index contributed by atoms with van der Waals surface area (Å²) in [5.74, 6) is -0.254. The zero-order chi connectivity index (χ0) is 22.7. The molecule has 0 aromatic heterocycles. The van der Waals surface area contributed by atoms with Crippen LogP contribution in [-0.4, -0.2) is 33.8 Å². The molecule has 2 amide bonds. The lowest BCUT2D eigenvalue weighted by molar-refractivity contribution is -0.117. The molecule has 7 nitrogen and oxygen atoms in total. The highest BCUT2D eigenvalue weighted by Gasteiger charge is 2.23. The van der Waals surface area contributed by atoms with Crippen LogP contribution in [0.5, 0.6) is 0 Å². The topological polar surface area (TPSA) is 86.8 Å². The third-order valence-electron chi connectivity index (χ3n) is 5.38. The third kappa shape index (κ3) is 4.36.